The van der Waals surface area contributed by atoms with Gasteiger partial charge >= 0.3 is 5.69 Å². The molecule has 3 aromatic heterocycles. The van der Waals surface area contributed by atoms with Gasteiger partial charge in [0.25, 0.3) is 0 Å². The Hall–Kier alpha value is -3.68. The van der Waals surface area contributed by atoms with E-state index in [-0.39, 0.29) is 28.3 Å². The Kier molecular flexibility index (Phi) is 4.03. The molecule has 0 unspecified atom stereocenters. The monoisotopic (exact) mass is 445 g/mol. The minimum absolute atomic E-state index is 0.154. The van der Waals surface area contributed by atoms with E-state index in [4.69, 9.17) is 4.98 Å². The summed E-state index contributed by atoms with van der Waals surface area (Å²) >= 11 is 0. The maximum absolute atomic E-state index is 14.4. The molecule has 2 bridgehead atoms. The molecule has 0 spiro atoms. The average Bonchev–Trinajstić information content (AvgIpc) is 3.40. The first kappa shape index (κ1) is 20.0. The summed E-state index contributed by atoms with van der Waals surface area (Å²) in [4.78, 5) is 21.8. The summed E-state index contributed by atoms with van der Waals surface area (Å²) < 4.78 is 28.9. The number of benzene rings is 1. The summed E-state index contributed by atoms with van der Waals surface area (Å²) in [6.45, 7) is 4.39. The lowest BCUT2D eigenvalue weighted by molar-refractivity contribution is 0.243. The largest absolute Gasteiger partial charge is 0.323 e. The van der Waals surface area contributed by atoms with Crippen LogP contribution < -0.4 is 5.69 Å². The Labute approximate surface area is 188 Å². The van der Waals surface area contributed by atoms with Crippen LogP contribution in [0.1, 0.15) is 49.6 Å². The zero-order chi connectivity index (χ0) is 23.0. The molecule has 2 aliphatic carbocycles. The van der Waals surface area contributed by atoms with Gasteiger partial charge in [-0.2, -0.15) is 5.10 Å². The quantitative estimate of drug-likeness (QED) is 0.478. The number of fused-ring (bicyclic) bond motifs is 5. The van der Waals surface area contributed by atoms with Crippen molar-refractivity contribution in [2.75, 3.05) is 0 Å². The van der Waals surface area contributed by atoms with Crippen LogP contribution in [0.25, 0.3) is 22.5 Å². The lowest BCUT2D eigenvalue weighted by Gasteiger charge is -2.37. The van der Waals surface area contributed by atoms with Gasteiger partial charge in [-0.1, -0.05) is 19.9 Å². The third-order valence-corrected chi connectivity index (χ3v) is 7.71. The van der Waals surface area contributed by atoms with Crippen LogP contribution in [0, 0.1) is 17.0 Å². The summed E-state index contributed by atoms with van der Waals surface area (Å²) in [7, 11) is 0. The summed E-state index contributed by atoms with van der Waals surface area (Å²) in [5.74, 6) is -1.15. The van der Waals surface area contributed by atoms with Gasteiger partial charge in [-0.15, -0.1) is 5.10 Å². The highest BCUT2D eigenvalue weighted by Gasteiger charge is 2.65. The molecule has 6 nitrogen and oxygen atoms in total. The van der Waals surface area contributed by atoms with E-state index in [0.717, 1.165) is 35.4 Å². The Balaban J connectivity index is 1.53. The van der Waals surface area contributed by atoms with Crippen LogP contribution in [0.2, 0.25) is 0 Å². The molecule has 3 heterocycles. The fourth-order valence-electron chi connectivity index (χ4n) is 6.08. The number of nitrogens with one attached hydrogen (secondary N) is 2. The van der Waals surface area contributed by atoms with Crippen molar-refractivity contribution in [2.45, 2.75) is 38.0 Å². The van der Waals surface area contributed by atoms with Gasteiger partial charge in [-0.3, -0.25) is 4.98 Å². The van der Waals surface area contributed by atoms with Gasteiger partial charge in [0, 0.05) is 18.0 Å². The van der Waals surface area contributed by atoms with Crippen molar-refractivity contribution in [3.63, 3.8) is 0 Å². The van der Waals surface area contributed by atoms with E-state index in [9.17, 15) is 13.6 Å². The van der Waals surface area contributed by atoms with Gasteiger partial charge in [-0.25, -0.2) is 13.6 Å². The Morgan fingerprint density at radius 2 is 1.88 bits per heavy atom. The molecular formula is C25H21F2N5O. The molecule has 33 heavy (non-hydrogen) atoms. The summed E-state index contributed by atoms with van der Waals surface area (Å²) in [5.41, 5.74) is 3.23. The second kappa shape index (κ2) is 6.66. The molecule has 1 fully saturated rings. The average molecular weight is 445 g/mol. The smallest absolute Gasteiger partial charge is 0.312 e. The molecule has 2 N–H and O–H groups in total. The minimum atomic E-state index is -0.656. The van der Waals surface area contributed by atoms with Crippen molar-refractivity contribution in [3.8, 4) is 22.5 Å². The van der Waals surface area contributed by atoms with Crippen LogP contribution in [-0.4, -0.2) is 25.1 Å². The number of imidazole rings is 1. The molecule has 4 aromatic rings. The van der Waals surface area contributed by atoms with Crippen LogP contribution >= 0.6 is 0 Å². The van der Waals surface area contributed by atoms with Gasteiger partial charge in [0.2, 0.25) is 0 Å². The fourth-order valence-corrected chi connectivity index (χ4v) is 6.08. The minimum Gasteiger partial charge on any atom is -0.312 e. The van der Waals surface area contributed by atoms with E-state index in [1.807, 2.05) is 12.1 Å². The molecule has 8 heteroatoms. The van der Waals surface area contributed by atoms with Crippen molar-refractivity contribution in [1.29, 1.82) is 0 Å². The van der Waals surface area contributed by atoms with Crippen LogP contribution in [-0.2, 0) is 5.41 Å². The van der Waals surface area contributed by atoms with Crippen LogP contribution in [0.15, 0.2) is 53.6 Å². The van der Waals surface area contributed by atoms with E-state index in [2.05, 4.69) is 34.0 Å². The first-order valence-corrected chi connectivity index (χ1v) is 10.9. The first-order valence-electron chi connectivity index (χ1n) is 10.9. The number of halogens is 2. The van der Waals surface area contributed by atoms with Gasteiger partial charge < -0.3 is 9.97 Å². The number of rotatable bonds is 3. The van der Waals surface area contributed by atoms with Crippen LogP contribution in [0.3, 0.4) is 0 Å². The second-order valence-electron chi connectivity index (χ2n) is 9.43. The van der Waals surface area contributed by atoms with E-state index in [1.165, 1.54) is 18.2 Å². The van der Waals surface area contributed by atoms with Crippen LogP contribution in [0.5, 0.6) is 0 Å². The topological polar surface area (TPSA) is 87.3 Å². The Morgan fingerprint density at radius 3 is 2.61 bits per heavy atom. The SMILES string of the molecule is CC1(C)[C@H]2CC[C@@]1(c1cc(-c3c[nH]c(=O)[nH]3)ccn1)c1nnc(-c3c(F)cccc3F)cc12. The number of aromatic nitrogens is 5. The molecule has 1 saturated carbocycles. The van der Waals surface area contributed by atoms with Crippen molar-refractivity contribution < 1.29 is 8.78 Å². The Morgan fingerprint density at radius 1 is 1.09 bits per heavy atom. The van der Waals surface area contributed by atoms with Crippen molar-refractivity contribution in [1.82, 2.24) is 25.1 Å². The zero-order valence-electron chi connectivity index (χ0n) is 18.1. The predicted molar refractivity (Wildman–Crippen MR) is 119 cm³/mol. The third kappa shape index (κ3) is 2.57. The lowest BCUT2D eigenvalue weighted by atomic mass is 9.66. The van der Waals surface area contributed by atoms with E-state index in [1.54, 1.807) is 18.5 Å². The van der Waals surface area contributed by atoms with Gasteiger partial charge in [0.1, 0.15) is 11.6 Å². The summed E-state index contributed by atoms with van der Waals surface area (Å²) in [5, 5.41) is 8.83. The Bertz CT molecular complexity index is 1450. The molecule has 166 valence electrons. The highest BCUT2D eigenvalue weighted by Crippen LogP contribution is 2.69. The zero-order valence-corrected chi connectivity index (χ0v) is 18.1. The molecule has 6 rings (SSSR count). The lowest BCUT2D eigenvalue weighted by Crippen LogP contribution is -2.37. The normalized spacial score (nSPS) is 22.5. The summed E-state index contributed by atoms with van der Waals surface area (Å²) in [6.07, 6.45) is 5.14. The number of hydrogen-bond acceptors (Lipinski definition) is 4. The maximum atomic E-state index is 14.4. The molecule has 0 saturated heterocycles. The molecule has 0 amide bonds. The van der Waals surface area contributed by atoms with Crippen molar-refractivity contribution in [2.24, 2.45) is 5.41 Å². The molecule has 2 atom stereocenters. The van der Waals surface area contributed by atoms with E-state index >= 15 is 0 Å². The molecule has 0 aliphatic heterocycles. The molecule has 1 aromatic carbocycles. The van der Waals surface area contributed by atoms with Gasteiger partial charge in [-0.05, 0) is 60.1 Å². The number of aromatic amines is 2. The van der Waals surface area contributed by atoms with Gasteiger partial charge in [0.05, 0.1) is 33.8 Å². The highest BCUT2D eigenvalue weighted by atomic mass is 19.1. The van der Waals surface area contributed by atoms with Gasteiger partial charge in [0.15, 0.2) is 0 Å². The first-order chi connectivity index (χ1) is 15.8. The van der Waals surface area contributed by atoms with Crippen molar-refractivity contribution in [3.05, 3.63) is 87.9 Å². The number of hydrogen-bond donors (Lipinski definition) is 2. The predicted octanol–water partition coefficient (Wildman–Crippen LogP) is 4.70. The van der Waals surface area contributed by atoms with E-state index in [0.29, 0.717) is 5.69 Å². The standard InChI is InChI=1S/C25H21F2N5O/c1-24(2)15-6-8-25(24,20-10-13(7-9-28-20)19-12-29-23(33)30-19)22-14(15)11-18(31-32-22)21-16(26)4-3-5-17(21)27/h3-5,7,9-12,15H,6,8H2,1-2H3,(H2,29,30,33)/t15-,25+/m0/s1. The fraction of sp³-hybridized carbons (Fsp3) is 0.280. The molecule has 0 radical (unpaired) electrons. The maximum Gasteiger partial charge on any atom is 0.323 e. The number of nitrogens with zero attached hydrogens (tertiary/aromatic N) is 3. The number of pyridine rings is 1. The van der Waals surface area contributed by atoms with Crippen LogP contribution in [0.4, 0.5) is 8.78 Å². The third-order valence-electron chi connectivity index (χ3n) is 7.71. The summed E-state index contributed by atoms with van der Waals surface area (Å²) in [6, 6.07) is 9.43. The molecular weight excluding hydrogens is 424 g/mol. The highest BCUT2D eigenvalue weighted by molar-refractivity contribution is 5.65. The van der Waals surface area contributed by atoms with E-state index < -0.39 is 17.0 Å². The number of H-pyrrole nitrogens is 2. The van der Waals surface area contributed by atoms with Crippen molar-refractivity contribution >= 4 is 0 Å². The second-order valence-corrected chi connectivity index (χ2v) is 9.43. The molecule has 2 aliphatic rings.